The van der Waals surface area contributed by atoms with E-state index in [9.17, 15) is 0 Å². The van der Waals surface area contributed by atoms with Crippen molar-refractivity contribution in [2.75, 3.05) is 13.7 Å². The Morgan fingerprint density at radius 3 is 2.85 bits per heavy atom. The smallest absolute Gasteiger partial charge is 0.113 e. The van der Waals surface area contributed by atoms with Crippen LogP contribution in [-0.2, 0) is 24.4 Å². The lowest BCUT2D eigenvalue weighted by Crippen LogP contribution is -2.24. The van der Waals surface area contributed by atoms with Gasteiger partial charge in [0.05, 0.1) is 18.8 Å². The van der Waals surface area contributed by atoms with Crippen molar-refractivity contribution in [3.05, 3.63) is 35.0 Å². The summed E-state index contributed by atoms with van der Waals surface area (Å²) in [6.07, 6.45) is 8.40. The predicted octanol–water partition coefficient (Wildman–Crippen LogP) is 3.22. The molecular weight excluding hydrogens is 336 g/mol. The van der Waals surface area contributed by atoms with Gasteiger partial charge < -0.3 is 4.74 Å². The van der Waals surface area contributed by atoms with Crippen LogP contribution in [0, 0.1) is 17.8 Å². The summed E-state index contributed by atoms with van der Waals surface area (Å²) in [7, 11) is 2.17. The molecule has 0 radical (unpaired) electrons. The number of fused-ring (bicyclic) bond motifs is 1. The first-order chi connectivity index (χ1) is 13.3. The number of rotatable bonds is 3. The fourth-order valence-electron chi connectivity index (χ4n) is 4.09. The van der Waals surface area contributed by atoms with Crippen molar-refractivity contribution in [3.63, 3.8) is 0 Å². The van der Waals surface area contributed by atoms with Crippen molar-refractivity contribution in [1.82, 2.24) is 19.9 Å². The second kappa shape index (κ2) is 7.10. The van der Waals surface area contributed by atoms with Crippen molar-refractivity contribution in [2.24, 2.45) is 5.92 Å². The average molecular weight is 362 g/mol. The SMILES string of the molecule is CN1Cc2c(C#CC3CC3)ccc(-c3cn(C[C@H]4CCCCO4)nn3)c2C1. The number of aromatic nitrogens is 3. The topological polar surface area (TPSA) is 43.2 Å². The molecule has 2 aromatic rings. The van der Waals surface area contributed by atoms with Crippen LogP contribution in [0.15, 0.2) is 18.3 Å². The average Bonchev–Trinajstić information content (AvgIpc) is 3.25. The Morgan fingerprint density at radius 2 is 2.04 bits per heavy atom. The number of hydrogen-bond donors (Lipinski definition) is 0. The number of ether oxygens (including phenoxy) is 1. The Labute approximate surface area is 160 Å². The fourth-order valence-corrected chi connectivity index (χ4v) is 4.09. The molecule has 140 valence electrons. The van der Waals surface area contributed by atoms with Gasteiger partial charge in [0.1, 0.15) is 5.69 Å². The number of benzene rings is 1. The normalized spacial score (nSPS) is 22.3. The molecule has 27 heavy (non-hydrogen) atoms. The second-order valence-electron chi connectivity index (χ2n) is 8.15. The Kier molecular flexibility index (Phi) is 4.47. The summed E-state index contributed by atoms with van der Waals surface area (Å²) < 4.78 is 7.78. The maximum absolute atomic E-state index is 5.84. The van der Waals surface area contributed by atoms with Gasteiger partial charge in [-0.2, -0.15) is 0 Å². The van der Waals surface area contributed by atoms with Crippen LogP contribution in [0.3, 0.4) is 0 Å². The van der Waals surface area contributed by atoms with Gasteiger partial charge in [0, 0.05) is 36.7 Å². The zero-order valence-electron chi connectivity index (χ0n) is 15.9. The van der Waals surface area contributed by atoms with Crippen molar-refractivity contribution in [2.45, 2.75) is 57.8 Å². The summed E-state index contributed by atoms with van der Waals surface area (Å²) in [5.74, 6) is 7.47. The van der Waals surface area contributed by atoms with Gasteiger partial charge in [-0.05, 0) is 56.3 Å². The molecule has 1 aromatic carbocycles. The standard InChI is InChI=1S/C22H26N4O/c1-25-13-20-17(8-7-16-5-6-16)9-10-19(21(20)14-25)22-15-26(24-23-22)12-18-4-2-3-11-27-18/h9-10,15-16,18H,2-6,11-14H2,1H3/t18-/m1/s1. The van der Waals surface area contributed by atoms with Crippen molar-refractivity contribution in [3.8, 4) is 23.1 Å². The molecule has 3 aliphatic rings. The van der Waals surface area contributed by atoms with Crippen LogP contribution < -0.4 is 0 Å². The second-order valence-corrected chi connectivity index (χ2v) is 8.15. The number of nitrogens with zero attached hydrogens (tertiary/aromatic N) is 4. The maximum Gasteiger partial charge on any atom is 0.113 e. The van der Waals surface area contributed by atoms with E-state index in [4.69, 9.17) is 4.74 Å². The lowest BCUT2D eigenvalue weighted by atomic mass is 9.96. The lowest BCUT2D eigenvalue weighted by molar-refractivity contribution is 0.00370. The monoisotopic (exact) mass is 362 g/mol. The molecule has 0 unspecified atom stereocenters. The van der Waals surface area contributed by atoms with E-state index in [0.717, 1.165) is 38.4 Å². The van der Waals surface area contributed by atoms with E-state index in [1.54, 1.807) is 0 Å². The van der Waals surface area contributed by atoms with Gasteiger partial charge in [0.25, 0.3) is 0 Å². The van der Waals surface area contributed by atoms with Crippen LogP contribution in [0.5, 0.6) is 0 Å². The quantitative estimate of drug-likeness (QED) is 0.787. The van der Waals surface area contributed by atoms with E-state index in [-0.39, 0.29) is 6.10 Å². The molecule has 5 heteroatoms. The molecule has 1 saturated carbocycles. The predicted molar refractivity (Wildman–Crippen MR) is 104 cm³/mol. The summed E-state index contributed by atoms with van der Waals surface area (Å²) >= 11 is 0. The van der Waals surface area contributed by atoms with Gasteiger partial charge in [-0.15, -0.1) is 5.10 Å². The van der Waals surface area contributed by atoms with E-state index >= 15 is 0 Å². The molecule has 2 aliphatic heterocycles. The molecule has 1 aromatic heterocycles. The van der Waals surface area contributed by atoms with Crippen LogP contribution >= 0.6 is 0 Å². The molecule has 1 atom stereocenters. The molecule has 5 rings (SSSR count). The van der Waals surface area contributed by atoms with Crippen LogP contribution in [0.1, 0.15) is 48.8 Å². The summed E-state index contributed by atoms with van der Waals surface area (Å²) in [6, 6.07) is 4.35. The third-order valence-electron chi connectivity index (χ3n) is 5.75. The van der Waals surface area contributed by atoms with Crippen LogP contribution in [-0.4, -0.2) is 39.7 Å². The minimum absolute atomic E-state index is 0.269. The molecule has 3 heterocycles. The van der Waals surface area contributed by atoms with Crippen molar-refractivity contribution < 1.29 is 4.74 Å². The maximum atomic E-state index is 5.84. The molecular formula is C22H26N4O. The minimum atomic E-state index is 0.269. The largest absolute Gasteiger partial charge is 0.376 e. The van der Waals surface area contributed by atoms with Gasteiger partial charge >= 0.3 is 0 Å². The first kappa shape index (κ1) is 17.0. The third-order valence-corrected chi connectivity index (χ3v) is 5.75. The molecule has 1 saturated heterocycles. The van der Waals surface area contributed by atoms with Gasteiger partial charge in [0.2, 0.25) is 0 Å². The molecule has 0 amide bonds. The van der Waals surface area contributed by atoms with Crippen molar-refractivity contribution >= 4 is 0 Å². The summed E-state index contributed by atoms with van der Waals surface area (Å²) in [5.41, 5.74) is 6.07. The van der Waals surface area contributed by atoms with Gasteiger partial charge in [-0.3, -0.25) is 4.90 Å². The van der Waals surface area contributed by atoms with Crippen LogP contribution in [0.2, 0.25) is 0 Å². The Balaban J connectivity index is 1.42. The lowest BCUT2D eigenvalue weighted by Gasteiger charge is -2.21. The first-order valence-corrected chi connectivity index (χ1v) is 10.1. The third kappa shape index (κ3) is 3.65. The molecule has 5 nitrogen and oxygen atoms in total. The van der Waals surface area contributed by atoms with Gasteiger partial charge in [0.15, 0.2) is 0 Å². The summed E-state index contributed by atoms with van der Waals surface area (Å²) in [5, 5.41) is 8.84. The van der Waals surface area contributed by atoms with E-state index in [2.05, 4.69) is 52.4 Å². The van der Waals surface area contributed by atoms with E-state index in [1.165, 1.54) is 47.9 Å². The Bertz CT molecular complexity index is 897. The highest BCUT2D eigenvalue weighted by Gasteiger charge is 2.24. The van der Waals surface area contributed by atoms with E-state index in [0.29, 0.717) is 5.92 Å². The zero-order valence-corrected chi connectivity index (χ0v) is 15.9. The number of hydrogen-bond acceptors (Lipinski definition) is 4. The minimum Gasteiger partial charge on any atom is -0.376 e. The Hall–Kier alpha value is -2.16. The highest BCUT2D eigenvalue weighted by atomic mass is 16.5. The highest BCUT2D eigenvalue weighted by molar-refractivity contribution is 5.68. The Morgan fingerprint density at radius 1 is 1.15 bits per heavy atom. The summed E-state index contributed by atoms with van der Waals surface area (Å²) in [6.45, 7) is 3.57. The molecule has 2 fully saturated rings. The fraction of sp³-hybridized carbons (Fsp3) is 0.545. The molecule has 1 aliphatic carbocycles. The summed E-state index contributed by atoms with van der Waals surface area (Å²) in [4.78, 5) is 2.34. The first-order valence-electron chi connectivity index (χ1n) is 10.1. The van der Waals surface area contributed by atoms with Crippen LogP contribution in [0.4, 0.5) is 0 Å². The van der Waals surface area contributed by atoms with Crippen molar-refractivity contribution in [1.29, 1.82) is 0 Å². The van der Waals surface area contributed by atoms with Crippen LogP contribution in [0.25, 0.3) is 11.3 Å². The van der Waals surface area contributed by atoms with E-state index < -0.39 is 0 Å². The van der Waals surface area contributed by atoms with E-state index in [1.807, 2.05) is 4.68 Å². The van der Waals surface area contributed by atoms with Gasteiger partial charge in [-0.1, -0.05) is 23.1 Å². The zero-order chi connectivity index (χ0) is 18.2. The highest BCUT2D eigenvalue weighted by Crippen LogP contribution is 2.34. The molecule has 0 spiro atoms. The molecule has 0 N–H and O–H groups in total. The molecule has 0 bridgehead atoms. The van der Waals surface area contributed by atoms with Gasteiger partial charge in [-0.25, -0.2) is 4.68 Å².